The molecule has 4 heteroatoms. The highest BCUT2D eigenvalue weighted by Crippen LogP contribution is 2.20. The van der Waals surface area contributed by atoms with E-state index in [2.05, 4.69) is 10.2 Å². The number of nitrogens with one attached hydrogen (secondary N) is 1. The number of carbonyl (C=O) groups is 1. The molecule has 0 bridgehead atoms. The van der Waals surface area contributed by atoms with E-state index in [1.165, 1.54) is 0 Å². The van der Waals surface area contributed by atoms with Gasteiger partial charge in [-0.2, -0.15) is 0 Å². The van der Waals surface area contributed by atoms with Crippen molar-refractivity contribution < 1.29 is 9.53 Å². The number of rotatable bonds is 3. The summed E-state index contributed by atoms with van der Waals surface area (Å²) in [7, 11) is 0. The van der Waals surface area contributed by atoms with Crippen molar-refractivity contribution in [2.24, 2.45) is 0 Å². The van der Waals surface area contributed by atoms with Crippen LogP contribution in [0.2, 0.25) is 0 Å². The topological polar surface area (TPSA) is 41.6 Å². The Labute approximate surface area is 102 Å². The van der Waals surface area contributed by atoms with Crippen LogP contribution in [0.3, 0.4) is 0 Å². The molecule has 0 aliphatic carbocycles. The summed E-state index contributed by atoms with van der Waals surface area (Å²) in [4.78, 5) is 13.5. The SMILES string of the molecule is CCOc1ccc(N2CCNC(=O)CC2)cc1. The lowest BCUT2D eigenvalue weighted by Crippen LogP contribution is -2.28. The second-order valence-electron chi connectivity index (χ2n) is 4.01. The minimum absolute atomic E-state index is 0.137. The van der Waals surface area contributed by atoms with Crippen molar-refractivity contribution in [2.45, 2.75) is 13.3 Å². The van der Waals surface area contributed by atoms with E-state index in [4.69, 9.17) is 4.74 Å². The van der Waals surface area contributed by atoms with Crippen LogP contribution >= 0.6 is 0 Å². The maximum absolute atomic E-state index is 11.2. The van der Waals surface area contributed by atoms with E-state index < -0.39 is 0 Å². The summed E-state index contributed by atoms with van der Waals surface area (Å²) in [5.41, 5.74) is 1.14. The van der Waals surface area contributed by atoms with E-state index in [1.54, 1.807) is 0 Å². The van der Waals surface area contributed by atoms with Crippen molar-refractivity contribution in [3.8, 4) is 5.75 Å². The van der Waals surface area contributed by atoms with Crippen LogP contribution in [0.15, 0.2) is 24.3 Å². The van der Waals surface area contributed by atoms with Crippen LogP contribution < -0.4 is 15.0 Å². The fraction of sp³-hybridized carbons (Fsp3) is 0.462. The average Bonchev–Trinajstić information content (AvgIpc) is 2.56. The zero-order chi connectivity index (χ0) is 12.1. The third-order valence-corrected chi connectivity index (χ3v) is 2.83. The van der Waals surface area contributed by atoms with Gasteiger partial charge in [-0.05, 0) is 31.2 Å². The molecule has 0 atom stereocenters. The summed E-state index contributed by atoms with van der Waals surface area (Å²) in [5, 5.41) is 2.87. The van der Waals surface area contributed by atoms with Gasteiger partial charge in [0.2, 0.25) is 5.91 Å². The molecular weight excluding hydrogens is 216 g/mol. The molecule has 17 heavy (non-hydrogen) atoms. The van der Waals surface area contributed by atoms with Crippen LogP contribution in [-0.4, -0.2) is 32.1 Å². The van der Waals surface area contributed by atoms with Crippen molar-refractivity contribution in [1.82, 2.24) is 5.32 Å². The van der Waals surface area contributed by atoms with Gasteiger partial charge in [-0.15, -0.1) is 0 Å². The number of anilines is 1. The highest BCUT2D eigenvalue weighted by molar-refractivity contribution is 5.77. The molecule has 0 aromatic heterocycles. The molecule has 0 spiro atoms. The molecule has 92 valence electrons. The first-order valence-corrected chi connectivity index (χ1v) is 6.04. The molecule has 2 rings (SSSR count). The van der Waals surface area contributed by atoms with Gasteiger partial charge in [0.1, 0.15) is 5.75 Å². The Hall–Kier alpha value is -1.71. The van der Waals surface area contributed by atoms with Crippen molar-refractivity contribution in [1.29, 1.82) is 0 Å². The van der Waals surface area contributed by atoms with Crippen molar-refractivity contribution >= 4 is 11.6 Å². The average molecular weight is 234 g/mol. The van der Waals surface area contributed by atoms with Crippen LogP contribution in [0.4, 0.5) is 5.69 Å². The second-order valence-corrected chi connectivity index (χ2v) is 4.01. The summed E-state index contributed by atoms with van der Waals surface area (Å²) in [6.07, 6.45) is 0.563. The zero-order valence-corrected chi connectivity index (χ0v) is 10.1. The Bertz CT molecular complexity index is 376. The van der Waals surface area contributed by atoms with Gasteiger partial charge in [0.15, 0.2) is 0 Å². The quantitative estimate of drug-likeness (QED) is 0.859. The molecule has 0 unspecified atom stereocenters. The van der Waals surface area contributed by atoms with Gasteiger partial charge in [-0.3, -0.25) is 4.79 Å². The number of benzene rings is 1. The minimum Gasteiger partial charge on any atom is -0.494 e. The summed E-state index contributed by atoms with van der Waals surface area (Å²) in [6, 6.07) is 8.03. The first-order chi connectivity index (χ1) is 8.29. The molecule has 1 N–H and O–H groups in total. The summed E-state index contributed by atoms with van der Waals surface area (Å²) in [6.45, 7) is 5.01. The lowest BCUT2D eigenvalue weighted by Gasteiger charge is -2.21. The maximum Gasteiger partial charge on any atom is 0.221 e. The molecule has 1 amide bonds. The Morgan fingerprint density at radius 1 is 1.29 bits per heavy atom. The van der Waals surface area contributed by atoms with Crippen LogP contribution in [0.5, 0.6) is 5.75 Å². The number of hydrogen-bond acceptors (Lipinski definition) is 3. The molecule has 1 aromatic rings. The van der Waals surface area contributed by atoms with Crippen molar-refractivity contribution in [2.75, 3.05) is 31.1 Å². The smallest absolute Gasteiger partial charge is 0.221 e. The molecule has 1 fully saturated rings. The van der Waals surface area contributed by atoms with Gasteiger partial charge in [0.25, 0.3) is 0 Å². The third kappa shape index (κ3) is 3.12. The van der Waals surface area contributed by atoms with Crippen LogP contribution in [0.1, 0.15) is 13.3 Å². The van der Waals surface area contributed by atoms with Crippen LogP contribution in [0.25, 0.3) is 0 Å². The standard InChI is InChI=1S/C13H18N2O2/c1-2-17-12-5-3-11(4-6-12)15-9-7-13(16)14-8-10-15/h3-6H,2,7-10H2,1H3,(H,14,16). The van der Waals surface area contributed by atoms with E-state index in [0.29, 0.717) is 19.6 Å². The van der Waals surface area contributed by atoms with Crippen molar-refractivity contribution in [3.05, 3.63) is 24.3 Å². The number of hydrogen-bond donors (Lipinski definition) is 1. The second kappa shape index (κ2) is 5.57. The molecule has 1 saturated heterocycles. The predicted octanol–water partition coefficient (Wildman–Crippen LogP) is 1.41. The summed E-state index contributed by atoms with van der Waals surface area (Å²) < 4.78 is 5.40. The largest absolute Gasteiger partial charge is 0.494 e. The molecular formula is C13H18N2O2. The lowest BCUT2D eigenvalue weighted by atomic mass is 10.2. The molecule has 1 aliphatic heterocycles. The first kappa shape index (κ1) is 11.8. The van der Waals surface area contributed by atoms with E-state index in [-0.39, 0.29) is 5.91 Å². The molecule has 1 heterocycles. The lowest BCUT2D eigenvalue weighted by molar-refractivity contribution is -0.120. The zero-order valence-electron chi connectivity index (χ0n) is 10.1. The Morgan fingerprint density at radius 2 is 2.06 bits per heavy atom. The van der Waals surface area contributed by atoms with E-state index in [9.17, 15) is 4.79 Å². The third-order valence-electron chi connectivity index (χ3n) is 2.83. The Balaban J connectivity index is 2.03. The summed E-state index contributed by atoms with van der Waals surface area (Å²) in [5.74, 6) is 1.03. The predicted molar refractivity (Wildman–Crippen MR) is 67.5 cm³/mol. The fourth-order valence-electron chi connectivity index (χ4n) is 1.95. The fourth-order valence-corrected chi connectivity index (χ4v) is 1.95. The number of amides is 1. The van der Waals surface area contributed by atoms with Gasteiger partial charge < -0.3 is 15.0 Å². The molecule has 1 aliphatic rings. The number of carbonyl (C=O) groups excluding carboxylic acids is 1. The highest BCUT2D eigenvalue weighted by Gasteiger charge is 2.13. The van der Waals surface area contributed by atoms with Gasteiger partial charge in [0.05, 0.1) is 6.61 Å². The van der Waals surface area contributed by atoms with Crippen LogP contribution in [0, 0.1) is 0 Å². The van der Waals surface area contributed by atoms with E-state index >= 15 is 0 Å². The molecule has 1 aromatic carbocycles. The highest BCUT2D eigenvalue weighted by atomic mass is 16.5. The van der Waals surface area contributed by atoms with E-state index in [1.807, 2.05) is 31.2 Å². The monoisotopic (exact) mass is 234 g/mol. The maximum atomic E-state index is 11.2. The number of nitrogens with zero attached hydrogens (tertiary/aromatic N) is 1. The molecule has 0 radical (unpaired) electrons. The van der Waals surface area contributed by atoms with Gasteiger partial charge >= 0.3 is 0 Å². The minimum atomic E-state index is 0.137. The van der Waals surface area contributed by atoms with Gasteiger partial charge in [-0.1, -0.05) is 0 Å². The first-order valence-electron chi connectivity index (χ1n) is 6.04. The molecule has 4 nitrogen and oxygen atoms in total. The van der Waals surface area contributed by atoms with Crippen molar-refractivity contribution in [3.63, 3.8) is 0 Å². The van der Waals surface area contributed by atoms with Crippen LogP contribution in [-0.2, 0) is 4.79 Å². The van der Waals surface area contributed by atoms with E-state index in [0.717, 1.165) is 24.5 Å². The normalized spacial score (nSPS) is 16.3. The Kier molecular flexibility index (Phi) is 3.85. The Morgan fingerprint density at radius 3 is 2.76 bits per heavy atom. The van der Waals surface area contributed by atoms with Gasteiger partial charge in [-0.25, -0.2) is 0 Å². The van der Waals surface area contributed by atoms with Gasteiger partial charge in [0, 0.05) is 31.7 Å². The number of ether oxygens (including phenoxy) is 1. The molecule has 0 saturated carbocycles. The summed E-state index contributed by atoms with van der Waals surface area (Å²) >= 11 is 0.